The number of benzene rings is 2. The second-order valence-electron chi connectivity index (χ2n) is 4.43. The number of hydrogen-bond acceptors (Lipinski definition) is 2. The van der Waals surface area contributed by atoms with E-state index >= 15 is 0 Å². The van der Waals surface area contributed by atoms with Gasteiger partial charge in [0.05, 0.1) is 21.9 Å². The number of rotatable bonds is 1. The first-order valence-electron chi connectivity index (χ1n) is 6.92. The smallest absolute Gasteiger partial charge is 0.123 e. The predicted molar refractivity (Wildman–Crippen MR) is 89.9 cm³/mol. The van der Waals surface area contributed by atoms with E-state index in [-0.39, 0.29) is 5.82 Å². The first-order chi connectivity index (χ1) is 10.6. The topological polar surface area (TPSA) is 41.6 Å². The normalized spacial score (nSPS) is 10.0. The first kappa shape index (κ1) is 16.2. The maximum Gasteiger partial charge on any atom is 0.123 e. The summed E-state index contributed by atoms with van der Waals surface area (Å²) < 4.78 is 15.8. The molecule has 0 saturated carbocycles. The van der Waals surface area contributed by atoms with Gasteiger partial charge in [-0.05, 0) is 33.4 Å². The van der Waals surface area contributed by atoms with Gasteiger partial charge in [0.2, 0.25) is 0 Å². The standard InChI is InChI=1S/C15H9BrFN3.C2H6/c1-20-15(14(16)8-19-20)12-4-2-9-6-10(17)3-5-11(9)13(12)7-18;1-2/h2-6,8H,1H3;1-2H3. The monoisotopic (exact) mass is 359 g/mol. The summed E-state index contributed by atoms with van der Waals surface area (Å²) in [5, 5.41) is 15.1. The van der Waals surface area contributed by atoms with Gasteiger partial charge >= 0.3 is 0 Å². The van der Waals surface area contributed by atoms with E-state index in [1.807, 2.05) is 33.0 Å². The van der Waals surface area contributed by atoms with Crippen LogP contribution in [0.15, 0.2) is 41.0 Å². The number of aryl methyl sites for hydroxylation is 1. The van der Waals surface area contributed by atoms with Crippen LogP contribution >= 0.6 is 15.9 Å². The van der Waals surface area contributed by atoms with E-state index in [2.05, 4.69) is 27.1 Å². The Kier molecular flexibility index (Phi) is 4.94. The molecule has 0 radical (unpaired) electrons. The van der Waals surface area contributed by atoms with Crippen LogP contribution in [0.5, 0.6) is 0 Å². The fourth-order valence-electron chi connectivity index (χ4n) is 2.33. The zero-order valence-corrected chi connectivity index (χ0v) is 14.1. The summed E-state index contributed by atoms with van der Waals surface area (Å²) in [6.45, 7) is 4.00. The van der Waals surface area contributed by atoms with Crippen molar-refractivity contribution in [2.45, 2.75) is 13.8 Å². The van der Waals surface area contributed by atoms with Crippen molar-refractivity contribution in [3.8, 4) is 17.3 Å². The molecule has 0 unspecified atom stereocenters. The number of nitrogens with zero attached hydrogens (tertiary/aromatic N) is 3. The molecule has 1 heterocycles. The molecule has 5 heteroatoms. The Labute approximate surface area is 137 Å². The summed E-state index contributed by atoms with van der Waals surface area (Å²) >= 11 is 3.44. The highest BCUT2D eigenvalue weighted by molar-refractivity contribution is 9.10. The molecule has 1 aromatic heterocycles. The minimum atomic E-state index is -0.309. The van der Waals surface area contributed by atoms with E-state index in [0.717, 1.165) is 21.1 Å². The zero-order valence-electron chi connectivity index (χ0n) is 12.6. The lowest BCUT2D eigenvalue weighted by atomic mass is 9.98. The molecule has 3 nitrogen and oxygen atoms in total. The fourth-order valence-corrected chi connectivity index (χ4v) is 2.89. The SMILES string of the molecule is CC.Cn1ncc(Br)c1-c1ccc2cc(F)ccc2c1C#N. The Hall–Kier alpha value is -2.19. The van der Waals surface area contributed by atoms with E-state index in [4.69, 9.17) is 0 Å². The summed E-state index contributed by atoms with van der Waals surface area (Å²) in [6, 6.07) is 10.3. The van der Waals surface area contributed by atoms with Crippen molar-refractivity contribution in [1.29, 1.82) is 5.26 Å². The van der Waals surface area contributed by atoms with Crippen molar-refractivity contribution in [3.63, 3.8) is 0 Å². The lowest BCUT2D eigenvalue weighted by Gasteiger charge is -2.09. The molecule has 0 spiro atoms. The average molecular weight is 360 g/mol. The average Bonchev–Trinajstić information content (AvgIpc) is 2.87. The number of halogens is 2. The van der Waals surface area contributed by atoms with Crippen LogP contribution in [0.4, 0.5) is 4.39 Å². The molecule has 0 bridgehead atoms. The molecule has 0 aliphatic heterocycles. The largest absolute Gasteiger partial charge is 0.267 e. The minimum absolute atomic E-state index is 0.309. The minimum Gasteiger partial charge on any atom is -0.267 e. The van der Waals surface area contributed by atoms with Crippen molar-refractivity contribution < 1.29 is 4.39 Å². The summed E-state index contributed by atoms with van der Waals surface area (Å²) in [5.74, 6) is -0.309. The van der Waals surface area contributed by atoms with Gasteiger partial charge in [-0.15, -0.1) is 0 Å². The molecule has 0 saturated heterocycles. The zero-order chi connectivity index (χ0) is 16.3. The van der Waals surface area contributed by atoms with Crippen molar-refractivity contribution in [1.82, 2.24) is 9.78 Å². The second-order valence-corrected chi connectivity index (χ2v) is 5.28. The fraction of sp³-hybridized carbons (Fsp3) is 0.176. The van der Waals surface area contributed by atoms with Crippen LogP contribution in [-0.4, -0.2) is 9.78 Å². The van der Waals surface area contributed by atoms with Gasteiger partial charge in [0, 0.05) is 18.0 Å². The van der Waals surface area contributed by atoms with Crippen molar-refractivity contribution in [2.75, 3.05) is 0 Å². The lowest BCUT2D eigenvalue weighted by Crippen LogP contribution is -1.96. The summed E-state index contributed by atoms with van der Waals surface area (Å²) in [4.78, 5) is 0. The third-order valence-electron chi connectivity index (χ3n) is 3.24. The third kappa shape index (κ3) is 2.75. The van der Waals surface area contributed by atoms with Crippen LogP contribution in [0, 0.1) is 17.1 Å². The molecule has 3 aromatic rings. The molecular formula is C17H15BrFN3. The highest BCUT2D eigenvalue weighted by atomic mass is 79.9. The van der Waals surface area contributed by atoms with Crippen LogP contribution in [-0.2, 0) is 7.05 Å². The highest BCUT2D eigenvalue weighted by Gasteiger charge is 2.15. The van der Waals surface area contributed by atoms with E-state index in [1.165, 1.54) is 12.1 Å². The van der Waals surface area contributed by atoms with E-state index in [9.17, 15) is 9.65 Å². The van der Waals surface area contributed by atoms with Crippen molar-refractivity contribution >= 4 is 26.7 Å². The first-order valence-corrected chi connectivity index (χ1v) is 7.71. The van der Waals surface area contributed by atoms with Crippen LogP contribution in [0.3, 0.4) is 0 Å². The second kappa shape index (κ2) is 6.71. The van der Waals surface area contributed by atoms with Gasteiger partial charge in [-0.1, -0.05) is 32.0 Å². The van der Waals surface area contributed by atoms with Gasteiger partial charge in [0.1, 0.15) is 11.9 Å². The number of fused-ring (bicyclic) bond motifs is 1. The molecule has 0 amide bonds. The molecule has 0 atom stereocenters. The van der Waals surface area contributed by atoms with Crippen LogP contribution in [0.2, 0.25) is 0 Å². The Balaban J connectivity index is 0.000000847. The van der Waals surface area contributed by atoms with Crippen molar-refractivity contribution in [3.05, 3.63) is 52.4 Å². The quantitative estimate of drug-likeness (QED) is 0.610. The van der Waals surface area contributed by atoms with Crippen LogP contribution in [0.25, 0.3) is 22.0 Å². The molecule has 112 valence electrons. The van der Waals surface area contributed by atoms with Gasteiger partial charge in [-0.25, -0.2) is 4.39 Å². The van der Waals surface area contributed by atoms with Crippen LogP contribution in [0.1, 0.15) is 19.4 Å². The molecule has 3 rings (SSSR count). The molecule has 2 aromatic carbocycles. The molecule has 22 heavy (non-hydrogen) atoms. The Bertz CT molecular complexity index is 843. The van der Waals surface area contributed by atoms with Gasteiger partial charge < -0.3 is 0 Å². The summed E-state index contributed by atoms with van der Waals surface area (Å²) in [6.07, 6.45) is 1.69. The Morgan fingerprint density at radius 2 is 1.95 bits per heavy atom. The lowest BCUT2D eigenvalue weighted by molar-refractivity contribution is 0.630. The Morgan fingerprint density at radius 3 is 2.55 bits per heavy atom. The van der Waals surface area contributed by atoms with E-state index in [0.29, 0.717) is 10.9 Å². The van der Waals surface area contributed by atoms with Gasteiger partial charge in [0.15, 0.2) is 0 Å². The molecular weight excluding hydrogens is 345 g/mol. The number of aromatic nitrogens is 2. The molecule has 0 N–H and O–H groups in total. The third-order valence-corrected chi connectivity index (χ3v) is 3.82. The summed E-state index contributed by atoms with van der Waals surface area (Å²) in [7, 11) is 1.82. The van der Waals surface area contributed by atoms with E-state index < -0.39 is 0 Å². The van der Waals surface area contributed by atoms with Gasteiger partial charge in [0.25, 0.3) is 0 Å². The highest BCUT2D eigenvalue weighted by Crippen LogP contribution is 2.34. The molecule has 0 aliphatic rings. The van der Waals surface area contributed by atoms with E-state index in [1.54, 1.807) is 16.9 Å². The predicted octanol–water partition coefficient (Wildman–Crippen LogP) is 5.04. The van der Waals surface area contributed by atoms with Crippen LogP contribution < -0.4 is 0 Å². The van der Waals surface area contributed by atoms with Gasteiger partial charge in [-0.2, -0.15) is 10.4 Å². The maximum atomic E-state index is 13.3. The number of nitriles is 1. The molecule has 0 aliphatic carbocycles. The maximum absolute atomic E-state index is 13.3. The molecule has 0 fully saturated rings. The van der Waals surface area contributed by atoms with Gasteiger partial charge in [-0.3, -0.25) is 4.68 Å². The Morgan fingerprint density at radius 1 is 1.23 bits per heavy atom. The summed E-state index contributed by atoms with van der Waals surface area (Å²) in [5.41, 5.74) is 2.12. The van der Waals surface area contributed by atoms with Crippen molar-refractivity contribution in [2.24, 2.45) is 7.05 Å². The number of hydrogen-bond donors (Lipinski definition) is 0.